The fourth-order valence-corrected chi connectivity index (χ4v) is 2.43. The van der Waals surface area contributed by atoms with Gasteiger partial charge in [-0.2, -0.15) is 5.26 Å². The molecule has 1 amide bonds. The second-order valence-corrected chi connectivity index (χ2v) is 4.99. The van der Waals surface area contributed by atoms with Crippen molar-refractivity contribution in [2.45, 2.75) is 25.8 Å². The van der Waals surface area contributed by atoms with Crippen LogP contribution in [0.2, 0.25) is 0 Å². The first-order valence-corrected chi connectivity index (χ1v) is 6.52. The van der Waals surface area contributed by atoms with Crippen LogP contribution in [0.3, 0.4) is 0 Å². The van der Waals surface area contributed by atoms with Gasteiger partial charge in [-0.15, -0.1) is 0 Å². The maximum Gasteiger partial charge on any atom is 0.207 e. The van der Waals surface area contributed by atoms with Gasteiger partial charge in [0.1, 0.15) is 24.7 Å². The number of carbonyl (C=O) groups is 2. The highest BCUT2D eigenvalue weighted by molar-refractivity contribution is 5.62. The molecule has 2 atom stereocenters. The van der Waals surface area contributed by atoms with Gasteiger partial charge in [-0.05, 0) is 37.0 Å². The molecule has 0 saturated heterocycles. The Hall–Kier alpha value is -2.35. The molecule has 2 unspecified atom stereocenters. The minimum Gasteiger partial charge on any atom is -0.490 e. The first-order chi connectivity index (χ1) is 9.69. The lowest BCUT2D eigenvalue weighted by Crippen LogP contribution is -2.30. The maximum absolute atomic E-state index is 10.9. The predicted octanol–water partition coefficient (Wildman–Crippen LogP) is 0.985. The Bertz CT molecular complexity index is 563. The molecule has 1 aliphatic rings. The van der Waals surface area contributed by atoms with Crippen molar-refractivity contribution in [1.29, 1.82) is 5.26 Å². The van der Waals surface area contributed by atoms with Crippen LogP contribution in [0.4, 0.5) is 0 Å². The molecule has 0 fully saturated rings. The normalized spacial score (nSPS) is 17.7. The summed E-state index contributed by atoms with van der Waals surface area (Å²) in [6, 6.07) is 5.71. The number of hydrogen-bond acceptors (Lipinski definition) is 4. The van der Waals surface area contributed by atoms with E-state index in [0.29, 0.717) is 37.2 Å². The second-order valence-electron chi connectivity index (χ2n) is 4.99. The third-order valence-corrected chi connectivity index (χ3v) is 3.47. The lowest BCUT2D eigenvalue weighted by molar-refractivity contribution is -0.111. The van der Waals surface area contributed by atoms with E-state index in [0.717, 1.165) is 17.4 Å². The standard InChI is InChI=1S/C15H16N2O3/c1-10(17-9-19)8-20-15-3-2-12-4-11(7-18)5-13(12)14(15)6-16/h2-3,7,9-11H,4-5,8H2,1H3,(H,17,19). The summed E-state index contributed by atoms with van der Waals surface area (Å²) in [5, 5.41) is 11.9. The molecule has 1 N–H and O–H groups in total. The lowest BCUT2D eigenvalue weighted by Gasteiger charge is -2.14. The number of carbonyl (C=O) groups excluding carboxylic acids is 2. The molecule has 0 aliphatic heterocycles. The smallest absolute Gasteiger partial charge is 0.207 e. The number of ether oxygens (including phenoxy) is 1. The summed E-state index contributed by atoms with van der Waals surface area (Å²) < 4.78 is 5.60. The highest BCUT2D eigenvalue weighted by Gasteiger charge is 2.25. The fraction of sp³-hybridized carbons (Fsp3) is 0.400. The summed E-state index contributed by atoms with van der Waals surface area (Å²) in [7, 11) is 0. The van der Waals surface area contributed by atoms with Crippen LogP contribution in [0.15, 0.2) is 12.1 Å². The van der Waals surface area contributed by atoms with Crippen LogP contribution in [0.1, 0.15) is 23.6 Å². The number of nitrogens with zero attached hydrogens (tertiary/aromatic N) is 1. The Kier molecular flexibility index (Phi) is 4.36. The lowest BCUT2D eigenvalue weighted by atomic mass is 10.0. The zero-order valence-electron chi connectivity index (χ0n) is 11.3. The molecule has 0 bridgehead atoms. The fourth-order valence-electron chi connectivity index (χ4n) is 2.43. The number of aldehydes is 1. The molecule has 0 heterocycles. The van der Waals surface area contributed by atoms with Crippen LogP contribution in [0, 0.1) is 17.2 Å². The number of nitrogens with one attached hydrogen (secondary N) is 1. The topological polar surface area (TPSA) is 79.2 Å². The van der Waals surface area contributed by atoms with Gasteiger partial charge >= 0.3 is 0 Å². The number of nitriles is 1. The van der Waals surface area contributed by atoms with Crippen molar-refractivity contribution in [3.8, 4) is 11.8 Å². The van der Waals surface area contributed by atoms with Crippen molar-refractivity contribution in [3.05, 3.63) is 28.8 Å². The zero-order chi connectivity index (χ0) is 14.5. The number of rotatable bonds is 6. The van der Waals surface area contributed by atoms with E-state index < -0.39 is 0 Å². The van der Waals surface area contributed by atoms with Crippen molar-refractivity contribution >= 4 is 12.7 Å². The van der Waals surface area contributed by atoms with Crippen LogP contribution >= 0.6 is 0 Å². The zero-order valence-corrected chi connectivity index (χ0v) is 11.3. The molecular formula is C15H16N2O3. The summed E-state index contributed by atoms with van der Waals surface area (Å²) in [6.07, 6.45) is 2.85. The van der Waals surface area contributed by atoms with Crippen molar-refractivity contribution in [1.82, 2.24) is 5.32 Å². The van der Waals surface area contributed by atoms with Crippen molar-refractivity contribution in [2.75, 3.05) is 6.61 Å². The Balaban J connectivity index is 2.18. The van der Waals surface area contributed by atoms with Crippen molar-refractivity contribution in [3.63, 3.8) is 0 Å². The second kappa shape index (κ2) is 6.20. The summed E-state index contributed by atoms with van der Waals surface area (Å²) in [5.74, 6) is 0.473. The summed E-state index contributed by atoms with van der Waals surface area (Å²) in [5.41, 5.74) is 2.47. The highest BCUT2D eigenvalue weighted by Crippen LogP contribution is 2.33. The predicted molar refractivity (Wildman–Crippen MR) is 72.3 cm³/mol. The largest absolute Gasteiger partial charge is 0.490 e. The third kappa shape index (κ3) is 2.80. The molecule has 104 valence electrons. The number of hydrogen-bond donors (Lipinski definition) is 1. The van der Waals surface area contributed by atoms with Gasteiger partial charge in [-0.3, -0.25) is 4.79 Å². The van der Waals surface area contributed by atoms with E-state index >= 15 is 0 Å². The van der Waals surface area contributed by atoms with Crippen LogP contribution in [0.25, 0.3) is 0 Å². The van der Waals surface area contributed by atoms with Gasteiger partial charge in [0.05, 0.1) is 11.6 Å². The molecule has 5 heteroatoms. The van der Waals surface area contributed by atoms with E-state index in [2.05, 4.69) is 11.4 Å². The molecule has 20 heavy (non-hydrogen) atoms. The molecular weight excluding hydrogens is 256 g/mol. The van der Waals surface area contributed by atoms with Crippen LogP contribution in [-0.2, 0) is 22.4 Å². The Morgan fingerprint density at radius 1 is 1.50 bits per heavy atom. The first kappa shape index (κ1) is 14.1. The van der Waals surface area contributed by atoms with Gasteiger partial charge in [0.2, 0.25) is 6.41 Å². The Labute approximate surface area is 117 Å². The molecule has 1 aromatic carbocycles. The van der Waals surface area contributed by atoms with E-state index in [1.54, 1.807) is 6.07 Å². The average Bonchev–Trinajstić information content (AvgIpc) is 2.87. The number of benzene rings is 1. The van der Waals surface area contributed by atoms with E-state index in [4.69, 9.17) is 4.74 Å². The summed E-state index contributed by atoms with van der Waals surface area (Å²) >= 11 is 0. The van der Waals surface area contributed by atoms with E-state index in [-0.39, 0.29) is 12.0 Å². The quantitative estimate of drug-likeness (QED) is 0.783. The van der Waals surface area contributed by atoms with Gasteiger partial charge < -0.3 is 14.8 Å². The summed E-state index contributed by atoms with van der Waals surface area (Å²) in [6.45, 7) is 2.11. The number of fused-ring (bicyclic) bond motifs is 1. The van der Waals surface area contributed by atoms with E-state index in [9.17, 15) is 14.9 Å². The molecule has 0 spiro atoms. The van der Waals surface area contributed by atoms with Crippen LogP contribution < -0.4 is 10.1 Å². The van der Waals surface area contributed by atoms with Crippen LogP contribution in [0.5, 0.6) is 5.75 Å². The monoisotopic (exact) mass is 272 g/mol. The molecule has 2 rings (SSSR count). The minimum atomic E-state index is -0.130. The average molecular weight is 272 g/mol. The minimum absolute atomic E-state index is 0.0389. The van der Waals surface area contributed by atoms with E-state index in [1.807, 2.05) is 13.0 Å². The van der Waals surface area contributed by atoms with Crippen molar-refractivity contribution in [2.24, 2.45) is 5.92 Å². The molecule has 0 radical (unpaired) electrons. The third-order valence-electron chi connectivity index (χ3n) is 3.47. The SMILES string of the molecule is CC(COc1ccc2c(c1C#N)CC(C=O)C2)NC=O. The van der Waals surface area contributed by atoms with Gasteiger partial charge in [0, 0.05) is 5.92 Å². The van der Waals surface area contributed by atoms with Gasteiger partial charge in [0.25, 0.3) is 0 Å². The van der Waals surface area contributed by atoms with Crippen molar-refractivity contribution < 1.29 is 14.3 Å². The number of amides is 1. The maximum atomic E-state index is 10.9. The van der Waals surface area contributed by atoms with Gasteiger partial charge in [-0.25, -0.2) is 0 Å². The molecule has 1 aromatic rings. The van der Waals surface area contributed by atoms with Crippen LogP contribution in [-0.4, -0.2) is 25.3 Å². The Morgan fingerprint density at radius 2 is 2.30 bits per heavy atom. The molecule has 0 saturated carbocycles. The highest BCUT2D eigenvalue weighted by atomic mass is 16.5. The van der Waals surface area contributed by atoms with E-state index in [1.165, 1.54) is 0 Å². The van der Waals surface area contributed by atoms with Gasteiger partial charge in [-0.1, -0.05) is 6.07 Å². The molecule has 5 nitrogen and oxygen atoms in total. The molecule has 1 aliphatic carbocycles. The summed E-state index contributed by atoms with van der Waals surface area (Å²) in [4.78, 5) is 21.2. The molecule has 0 aromatic heterocycles. The first-order valence-electron chi connectivity index (χ1n) is 6.52. The van der Waals surface area contributed by atoms with Gasteiger partial charge in [0.15, 0.2) is 0 Å². The Morgan fingerprint density at radius 3 is 2.95 bits per heavy atom.